The van der Waals surface area contributed by atoms with Crippen LogP contribution >= 0.6 is 0 Å². The zero-order valence-corrected chi connectivity index (χ0v) is 14.5. The molecule has 0 aromatic heterocycles. The van der Waals surface area contributed by atoms with Crippen LogP contribution in [0, 0.1) is 17.7 Å². The molecule has 25 heavy (non-hydrogen) atoms. The smallest absolute Gasteiger partial charge is 0.162 e. The molecule has 3 rings (SSSR count). The van der Waals surface area contributed by atoms with E-state index in [9.17, 15) is 13.2 Å². The van der Waals surface area contributed by atoms with Gasteiger partial charge < -0.3 is 0 Å². The number of hydrogen-bond acceptors (Lipinski definition) is 0. The summed E-state index contributed by atoms with van der Waals surface area (Å²) in [5.41, 5.74) is 0.573. The predicted octanol–water partition coefficient (Wildman–Crippen LogP) is 7.45. The molecule has 2 aromatic carbocycles. The first-order chi connectivity index (χ1) is 12.0. The Balaban J connectivity index is 1.91. The van der Waals surface area contributed by atoms with Crippen LogP contribution in [-0.4, -0.2) is 0 Å². The van der Waals surface area contributed by atoms with Crippen LogP contribution in [0.4, 0.5) is 13.2 Å². The highest BCUT2D eigenvalue weighted by atomic mass is 19.2. The van der Waals surface area contributed by atoms with Crippen molar-refractivity contribution in [1.82, 2.24) is 0 Å². The lowest BCUT2D eigenvalue weighted by Crippen LogP contribution is -2.14. The number of fused-ring (bicyclic) bond motifs is 1. The van der Waals surface area contributed by atoms with Crippen LogP contribution < -0.4 is 0 Å². The van der Waals surface area contributed by atoms with Gasteiger partial charge in [-0.2, -0.15) is 0 Å². The van der Waals surface area contributed by atoms with Crippen molar-refractivity contribution in [2.24, 2.45) is 11.8 Å². The van der Waals surface area contributed by atoms with Crippen molar-refractivity contribution in [1.29, 1.82) is 0 Å². The Kier molecular flexibility index (Phi) is 5.31. The van der Waals surface area contributed by atoms with E-state index in [1.165, 1.54) is 24.3 Å². The lowest BCUT2D eigenvalue weighted by molar-refractivity contribution is 0.268. The van der Waals surface area contributed by atoms with E-state index in [-0.39, 0.29) is 17.3 Å². The van der Waals surface area contributed by atoms with Crippen LogP contribution in [0.5, 0.6) is 0 Å². The monoisotopic (exact) mass is 344 g/mol. The summed E-state index contributed by atoms with van der Waals surface area (Å²) in [7, 11) is 0. The SMILES string of the molecule is C=Cc1ccc2cc(C(F)=C(F)C3CCC(CC)CC3)ccc2c1F. The van der Waals surface area contributed by atoms with E-state index in [2.05, 4.69) is 13.5 Å². The van der Waals surface area contributed by atoms with Gasteiger partial charge in [-0.15, -0.1) is 0 Å². The molecule has 1 aliphatic carbocycles. The Morgan fingerprint density at radius 2 is 1.84 bits per heavy atom. The molecule has 0 heterocycles. The summed E-state index contributed by atoms with van der Waals surface area (Å²) in [6.45, 7) is 5.72. The van der Waals surface area contributed by atoms with Crippen LogP contribution in [0.3, 0.4) is 0 Å². The van der Waals surface area contributed by atoms with Crippen LogP contribution in [-0.2, 0) is 0 Å². The van der Waals surface area contributed by atoms with Gasteiger partial charge in [0.25, 0.3) is 0 Å². The summed E-state index contributed by atoms with van der Waals surface area (Å²) < 4.78 is 43.5. The molecule has 0 radical (unpaired) electrons. The zero-order valence-electron chi connectivity index (χ0n) is 14.5. The topological polar surface area (TPSA) is 0 Å². The van der Waals surface area contributed by atoms with Crippen LogP contribution in [0.1, 0.15) is 50.2 Å². The molecule has 1 aliphatic rings. The molecule has 0 unspecified atom stereocenters. The number of hydrogen-bond donors (Lipinski definition) is 0. The van der Waals surface area contributed by atoms with Gasteiger partial charge in [-0.25, -0.2) is 13.2 Å². The van der Waals surface area contributed by atoms with Gasteiger partial charge in [0.15, 0.2) is 5.83 Å². The predicted molar refractivity (Wildman–Crippen MR) is 98.9 cm³/mol. The molecule has 0 bridgehead atoms. The second-order valence-corrected chi connectivity index (χ2v) is 6.90. The molecular formula is C22H23F3. The van der Waals surface area contributed by atoms with Gasteiger partial charge in [-0.1, -0.05) is 50.3 Å². The van der Waals surface area contributed by atoms with Gasteiger partial charge in [-0.05, 0) is 43.1 Å². The maximum absolute atomic E-state index is 14.7. The molecule has 1 saturated carbocycles. The second kappa shape index (κ2) is 7.47. The van der Waals surface area contributed by atoms with Crippen LogP contribution in [0.25, 0.3) is 22.7 Å². The highest BCUT2D eigenvalue weighted by Gasteiger charge is 2.26. The summed E-state index contributed by atoms with van der Waals surface area (Å²) in [4.78, 5) is 0. The quantitative estimate of drug-likeness (QED) is 0.540. The third-order valence-corrected chi connectivity index (χ3v) is 5.45. The van der Waals surface area contributed by atoms with Gasteiger partial charge in [0.2, 0.25) is 0 Å². The van der Waals surface area contributed by atoms with E-state index in [1.54, 1.807) is 12.1 Å². The molecule has 0 atom stereocenters. The molecule has 0 saturated heterocycles. The molecule has 3 heteroatoms. The molecule has 0 N–H and O–H groups in total. The fourth-order valence-electron chi connectivity index (χ4n) is 3.74. The summed E-state index contributed by atoms with van der Waals surface area (Å²) in [6, 6.07) is 7.77. The molecule has 2 aromatic rings. The minimum Gasteiger partial charge on any atom is -0.208 e. The largest absolute Gasteiger partial charge is 0.208 e. The lowest BCUT2D eigenvalue weighted by atomic mass is 9.80. The maximum Gasteiger partial charge on any atom is 0.162 e. The van der Waals surface area contributed by atoms with Crippen molar-refractivity contribution >= 4 is 22.7 Å². The standard InChI is InChI=1S/C22H23F3/c1-3-14-5-7-16(8-6-14)21(24)22(25)18-11-12-19-17(13-18)10-9-15(4-2)20(19)23/h4,9-14,16H,2-3,5-8H2,1H3. The highest BCUT2D eigenvalue weighted by molar-refractivity contribution is 5.88. The number of halogens is 3. The molecular weight excluding hydrogens is 321 g/mol. The lowest BCUT2D eigenvalue weighted by Gasteiger charge is -2.26. The first kappa shape index (κ1) is 17.8. The van der Waals surface area contributed by atoms with E-state index < -0.39 is 11.7 Å². The minimum atomic E-state index is -0.810. The summed E-state index contributed by atoms with van der Waals surface area (Å²) in [5.74, 6) is -1.55. The van der Waals surface area contributed by atoms with E-state index in [4.69, 9.17) is 0 Å². The number of benzene rings is 2. The first-order valence-electron chi connectivity index (χ1n) is 8.95. The molecule has 0 spiro atoms. The van der Waals surface area contributed by atoms with E-state index in [0.717, 1.165) is 19.3 Å². The molecule has 0 nitrogen and oxygen atoms in total. The molecule has 0 amide bonds. The average molecular weight is 344 g/mol. The Bertz CT molecular complexity index is 811. The maximum atomic E-state index is 14.7. The van der Waals surface area contributed by atoms with Gasteiger partial charge in [0, 0.05) is 22.4 Å². The van der Waals surface area contributed by atoms with Crippen molar-refractivity contribution in [3.63, 3.8) is 0 Å². The molecule has 1 fully saturated rings. The van der Waals surface area contributed by atoms with Crippen LogP contribution in [0.2, 0.25) is 0 Å². The summed E-state index contributed by atoms with van der Waals surface area (Å²) in [5, 5.41) is 0.941. The van der Waals surface area contributed by atoms with Crippen molar-refractivity contribution in [3.05, 3.63) is 59.7 Å². The summed E-state index contributed by atoms with van der Waals surface area (Å²) in [6.07, 6.45) is 5.84. The Hall–Kier alpha value is -2.03. The number of rotatable bonds is 4. The average Bonchev–Trinajstić information content (AvgIpc) is 2.67. The Labute approximate surface area is 147 Å². The molecule has 132 valence electrons. The van der Waals surface area contributed by atoms with E-state index in [1.807, 2.05) is 0 Å². The Morgan fingerprint density at radius 3 is 2.48 bits per heavy atom. The van der Waals surface area contributed by atoms with E-state index >= 15 is 0 Å². The Morgan fingerprint density at radius 1 is 1.12 bits per heavy atom. The van der Waals surface area contributed by atoms with Crippen molar-refractivity contribution in [2.75, 3.05) is 0 Å². The van der Waals surface area contributed by atoms with Gasteiger partial charge in [-0.3, -0.25) is 0 Å². The van der Waals surface area contributed by atoms with Crippen molar-refractivity contribution < 1.29 is 13.2 Å². The van der Waals surface area contributed by atoms with Gasteiger partial charge in [0.05, 0.1) is 0 Å². The fraction of sp³-hybridized carbons (Fsp3) is 0.364. The first-order valence-corrected chi connectivity index (χ1v) is 8.95. The van der Waals surface area contributed by atoms with Crippen molar-refractivity contribution in [2.45, 2.75) is 39.0 Å². The summed E-state index contributed by atoms with van der Waals surface area (Å²) >= 11 is 0. The minimum absolute atomic E-state index is 0.174. The fourth-order valence-corrected chi connectivity index (χ4v) is 3.74. The third kappa shape index (κ3) is 3.51. The van der Waals surface area contributed by atoms with Gasteiger partial charge >= 0.3 is 0 Å². The molecule has 0 aliphatic heterocycles. The van der Waals surface area contributed by atoms with Crippen LogP contribution in [0.15, 0.2) is 42.7 Å². The van der Waals surface area contributed by atoms with E-state index in [0.29, 0.717) is 35.1 Å². The zero-order chi connectivity index (χ0) is 18.0. The normalized spacial score (nSPS) is 21.9. The van der Waals surface area contributed by atoms with Gasteiger partial charge in [0.1, 0.15) is 11.6 Å². The third-order valence-electron chi connectivity index (χ3n) is 5.45. The highest BCUT2D eigenvalue weighted by Crippen LogP contribution is 2.39. The number of allylic oxidation sites excluding steroid dienone is 1. The second-order valence-electron chi connectivity index (χ2n) is 6.90. The van der Waals surface area contributed by atoms with Crippen molar-refractivity contribution in [3.8, 4) is 0 Å².